The summed E-state index contributed by atoms with van der Waals surface area (Å²) in [5.74, 6) is 0.520. The van der Waals surface area contributed by atoms with Gasteiger partial charge in [-0.25, -0.2) is 13.4 Å². The highest BCUT2D eigenvalue weighted by atomic mass is 32.2. The van der Waals surface area contributed by atoms with Gasteiger partial charge < -0.3 is 4.74 Å². The maximum atomic E-state index is 10.3. The van der Waals surface area contributed by atoms with Gasteiger partial charge in [-0.3, -0.25) is 0 Å². The third-order valence-corrected chi connectivity index (χ3v) is 1.94. The van der Waals surface area contributed by atoms with Crippen LogP contribution in [0.2, 0.25) is 0 Å². The van der Waals surface area contributed by atoms with Crippen molar-refractivity contribution >= 4 is 10.7 Å². The minimum Gasteiger partial charge on any atom is -0.481 e. The quantitative estimate of drug-likeness (QED) is 0.687. The zero-order valence-corrected chi connectivity index (χ0v) is 7.45. The Morgan fingerprint density at radius 1 is 1.50 bits per heavy atom. The highest BCUT2D eigenvalue weighted by Gasteiger charge is 1.95. The van der Waals surface area contributed by atoms with Crippen molar-refractivity contribution in [3.63, 3.8) is 0 Å². The van der Waals surface area contributed by atoms with Gasteiger partial charge in [0.2, 0.25) is 5.88 Å². The van der Waals surface area contributed by atoms with Crippen LogP contribution in [0.3, 0.4) is 0 Å². The number of ether oxygens (including phenoxy) is 1. The molecule has 12 heavy (non-hydrogen) atoms. The van der Waals surface area contributed by atoms with E-state index in [0.29, 0.717) is 11.4 Å². The van der Waals surface area contributed by atoms with Gasteiger partial charge in [0.05, 0.1) is 12.9 Å². The van der Waals surface area contributed by atoms with Gasteiger partial charge in [0, 0.05) is 12.3 Å². The Morgan fingerprint density at radius 3 is 2.67 bits per heavy atom. The Kier molecular flexibility index (Phi) is 3.04. The zero-order chi connectivity index (χ0) is 8.97. The van der Waals surface area contributed by atoms with Crippen LogP contribution in [-0.4, -0.2) is 20.5 Å². The molecule has 5 heteroatoms. The van der Waals surface area contributed by atoms with Crippen LogP contribution >= 0.6 is 0 Å². The Bertz CT molecular complexity index is 310. The van der Waals surface area contributed by atoms with Crippen molar-refractivity contribution in [1.82, 2.24) is 4.98 Å². The molecule has 4 nitrogen and oxygen atoms in total. The number of aromatic nitrogens is 1. The fraction of sp³-hybridized carbons (Fsp3) is 0.286. The highest BCUT2D eigenvalue weighted by molar-refractivity contribution is 7.71. The third-order valence-electron chi connectivity index (χ3n) is 1.32. The smallest absolute Gasteiger partial charge is 0.212 e. The predicted octanol–water partition coefficient (Wildman–Crippen LogP) is 0.202. The number of hydrogen-bond acceptors (Lipinski definition) is 4. The molecule has 1 aromatic rings. The van der Waals surface area contributed by atoms with Gasteiger partial charge in [-0.2, -0.15) is 0 Å². The molecular weight excluding hydrogens is 178 g/mol. The molecule has 0 bridgehead atoms. The molecule has 0 saturated heterocycles. The lowest BCUT2D eigenvalue weighted by Gasteiger charge is -1.97. The molecule has 0 aliphatic heterocycles. The fourth-order valence-electron chi connectivity index (χ4n) is 0.774. The summed E-state index contributed by atoms with van der Waals surface area (Å²) in [5.41, 5.74) is 0.673. The molecule has 66 valence electrons. The summed E-state index contributed by atoms with van der Waals surface area (Å²) in [4.78, 5) is 3.86. The van der Waals surface area contributed by atoms with E-state index < -0.39 is 10.7 Å². The molecule has 0 N–H and O–H groups in total. The SMILES string of the molecule is COc1ccc(C[SH](=O)=O)cn1. The van der Waals surface area contributed by atoms with Crippen molar-refractivity contribution in [2.45, 2.75) is 5.75 Å². The summed E-state index contributed by atoms with van der Waals surface area (Å²) < 4.78 is 25.4. The number of methoxy groups -OCH3 is 1. The molecule has 0 radical (unpaired) electrons. The fourth-order valence-corrected chi connectivity index (χ4v) is 1.26. The van der Waals surface area contributed by atoms with Crippen molar-refractivity contribution in [2.75, 3.05) is 7.11 Å². The number of pyridine rings is 1. The van der Waals surface area contributed by atoms with Crippen molar-refractivity contribution < 1.29 is 13.2 Å². The van der Waals surface area contributed by atoms with Gasteiger partial charge in [0.15, 0.2) is 0 Å². The Balaban J connectivity index is 2.77. The van der Waals surface area contributed by atoms with Crippen LogP contribution < -0.4 is 4.74 Å². The zero-order valence-electron chi connectivity index (χ0n) is 6.56. The van der Waals surface area contributed by atoms with Crippen LogP contribution in [0.1, 0.15) is 5.56 Å². The minimum absolute atomic E-state index is 0.0341. The second kappa shape index (κ2) is 4.06. The van der Waals surface area contributed by atoms with E-state index in [0.717, 1.165) is 0 Å². The molecule has 0 atom stereocenters. The molecule has 0 aromatic carbocycles. The predicted molar refractivity (Wildman–Crippen MR) is 44.8 cm³/mol. The van der Waals surface area contributed by atoms with E-state index >= 15 is 0 Å². The molecule has 0 amide bonds. The number of thiol groups is 1. The maximum Gasteiger partial charge on any atom is 0.212 e. The summed E-state index contributed by atoms with van der Waals surface area (Å²) in [7, 11) is -0.861. The third kappa shape index (κ3) is 2.50. The van der Waals surface area contributed by atoms with Gasteiger partial charge in [-0.1, -0.05) is 6.07 Å². The molecule has 0 spiro atoms. The Morgan fingerprint density at radius 2 is 2.25 bits per heavy atom. The lowest BCUT2D eigenvalue weighted by molar-refractivity contribution is 0.397. The monoisotopic (exact) mass is 187 g/mol. The molecule has 1 heterocycles. The topological polar surface area (TPSA) is 56.3 Å². The minimum atomic E-state index is -2.37. The maximum absolute atomic E-state index is 10.3. The first kappa shape index (κ1) is 8.99. The normalized spacial score (nSPS) is 10.2. The summed E-state index contributed by atoms with van der Waals surface area (Å²) in [6.45, 7) is 0. The summed E-state index contributed by atoms with van der Waals surface area (Å²) in [5, 5.41) is 0. The average Bonchev–Trinajstić information content (AvgIpc) is 2.05. The first-order chi connectivity index (χ1) is 5.72. The lowest BCUT2D eigenvalue weighted by atomic mass is 10.3. The Hall–Kier alpha value is -1.10. The van der Waals surface area contributed by atoms with Crippen LogP contribution in [-0.2, 0) is 16.5 Å². The van der Waals surface area contributed by atoms with Gasteiger partial charge in [-0.05, 0) is 5.56 Å². The van der Waals surface area contributed by atoms with Crippen LogP contribution in [0.15, 0.2) is 18.3 Å². The van der Waals surface area contributed by atoms with Crippen LogP contribution in [0.4, 0.5) is 0 Å². The van der Waals surface area contributed by atoms with E-state index in [1.807, 2.05) is 0 Å². The molecular formula is C7H9NO3S. The van der Waals surface area contributed by atoms with Crippen molar-refractivity contribution in [2.24, 2.45) is 0 Å². The van der Waals surface area contributed by atoms with Gasteiger partial charge >= 0.3 is 0 Å². The van der Waals surface area contributed by atoms with E-state index in [2.05, 4.69) is 4.98 Å². The molecule has 0 fully saturated rings. The standard InChI is InChI=1S/C7H9NO3S/c1-11-7-3-2-6(4-8-7)5-12(9)10/h2-4,12H,5H2,1H3. The molecule has 0 saturated carbocycles. The second-order valence-electron chi connectivity index (χ2n) is 2.20. The molecule has 0 unspecified atom stereocenters. The molecule has 0 aliphatic rings. The summed E-state index contributed by atoms with van der Waals surface area (Å²) >= 11 is 0. The average molecular weight is 187 g/mol. The molecule has 1 aromatic heterocycles. The second-order valence-corrected chi connectivity index (χ2v) is 3.18. The number of rotatable bonds is 3. The Labute approximate surface area is 72.2 Å². The molecule has 1 rings (SSSR count). The van der Waals surface area contributed by atoms with E-state index in [4.69, 9.17) is 4.74 Å². The number of hydrogen-bond donors (Lipinski definition) is 1. The van der Waals surface area contributed by atoms with Crippen LogP contribution in [0, 0.1) is 0 Å². The number of nitrogens with zero attached hydrogens (tertiary/aromatic N) is 1. The van der Waals surface area contributed by atoms with Crippen molar-refractivity contribution in [3.8, 4) is 5.88 Å². The van der Waals surface area contributed by atoms with Crippen LogP contribution in [0.5, 0.6) is 5.88 Å². The van der Waals surface area contributed by atoms with E-state index in [9.17, 15) is 8.42 Å². The summed E-state index contributed by atoms with van der Waals surface area (Å²) in [6.07, 6.45) is 1.49. The van der Waals surface area contributed by atoms with Gasteiger partial charge in [-0.15, -0.1) is 0 Å². The van der Waals surface area contributed by atoms with E-state index in [-0.39, 0.29) is 5.75 Å². The van der Waals surface area contributed by atoms with Gasteiger partial charge in [0.1, 0.15) is 10.7 Å². The van der Waals surface area contributed by atoms with Crippen molar-refractivity contribution in [1.29, 1.82) is 0 Å². The van der Waals surface area contributed by atoms with E-state index in [1.165, 1.54) is 13.3 Å². The first-order valence-corrected chi connectivity index (χ1v) is 4.69. The van der Waals surface area contributed by atoms with Crippen LogP contribution in [0.25, 0.3) is 0 Å². The van der Waals surface area contributed by atoms with E-state index in [1.54, 1.807) is 12.1 Å². The largest absolute Gasteiger partial charge is 0.481 e. The highest BCUT2D eigenvalue weighted by Crippen LogP contribution is 2.06. The molecule has 0 aliphatic carbocycles. The lowest BCUT2D eigenvalue weighted by Crippen LogP contribution is -1.90. The summed E-state index contributed by atoms with van der Waals surface area (Å²) in [6, 6.07) is 3.31. The first-order valence-electron chi connectivity index (χ1n) is 3.33. The van der Waals surface area contributed by atoms with Crippen molar-refractivity contribution in [3.05, 3.63) is 23.9 Å². The van der Waals surface area contributed by atoms with Gasteiger partial charge in [0.25, 0.3) is 0 Å².